The van der Waals surface area contributed by atoms with Crippen LogP contribution in [0.25, 0.3) is 10.8 Å². The minimum atomic E-state index is -1.29. The summed E-state index contributed by atoms with van der Waals surface area (Å²) in [5.74, 6) is -3.39. The van der Waals surface area contributed by atoms with E-state index in [2.05, 4.69) is 34.4 Å². The fourth-order valence-electron chi connectivity index (χ4n) is 8.08. The van der Waals surface area contributed by atoms with Gasteiger partial charge in [-0.3, -0.25) is 19.2 Å². The minimum Gasteiger partial charge on any atom is -0.455 e. The maximum Gasteiger partial charge on any atom is 0.313 e. The molecule has 0 aliphatic carbocycles. The molecule has 3 heterocycles. The van der Waals surface area contributed by atoms with Crippen molar-refractivity contribution in [2.45, 2.75) is 67.2 Å². The highest BCUT2D eigenvalue weighted by Gasteiger charge is 2.77. The first-order valence-corrected chi connectivity index (χ1v) is 18.9. The molecule has 3 amide bonds. The number of nitrogens with one attached hydrogen (secondary N) is 1. The van der Waals surface area contributed by atoms with Crippen LogP contribution in [0.1, 0.15) is 50.2 Å². The van der Waals surface area contributed by atoms with Gasteiger partial charge in [0.05, 0.1) is 24.5 Å². The summed E-state index contributed by atoms with van der Waals surface area (Å²) in [7, 11) is 0. The Morgan fingerprint density at radius 3 is 2.52 bits per heavy atom. The molecule has 6 rings (SSSR count). The normalized spacial score (nSPS) is 25.1. The van der Waals surface area contributed by atoms with Gasteiger partial charge in [0, 0.05) is 36.6 Å². The number of anilines is 1. The number of carbonyl (C=O) groups excluding carboxylic acids is 4. The molecule has 11 heteroatoms. The Morgan fingerprint density at radius 1 is 1.04 bits per heavy atom. The molecule has 2 bridgehead atoms. The Balaban J connectivity index is 1.33. The molecule has 3 fully saturated rings. The average molecular weight is 773 g/mol. The lowest BCUT2D eigenvalue weighted by Gasteiger charge is -2.37. The van der Waals surface area contributed by atoms with Crippen LogP contribution in [-0.2, 0) is 28.7 Å². The molecule has 3 aliphatic heterocycles. The number of alkyl halides is 1. The number of likely N-dealkylation sites (tertiary alicyclic amines) is 1. The van der Waals surface area contributed by atoms with E-state index in [1.807, 2.05) is 72.8 Å². The van der Waals surface area contributed by atoms with Gasteiger partial charge >= 0.3 is 5.97 Å². The number of benzene rings is 3. The van der Waals surface area contributed by atoms with Crippen molar-refractivity contribution in [1.29, 1.82) is 0 Å². The van der Waals surface area contributed by atoms with Crippen LogP contribution in [0.2, 0.25) is 0 Å². The molecule has 0 saturated carbocycles. The molecular formula is C41H46BrN3O7. The quantitative estimate of drug-likeness (QED) is 0.0789. The van der Waals surface area contributed by atoms with Crippen LogP contribution in [0.15, 0.2) is 98.1 Å². The van der Waals surface area contributed by atoms with Crippen LogP contribution < -0.4 is 10.2 Å². The number of fused-ring (bicyclic) bond motifs is 2. The molecule has 1 spiro atoms. The largest absolute Gasteiger partial charge is 0.455 e. The number of carbonyl (C=O) groups is 4. The summed E-state index contributed by atoms with van der Waals surface area (Å²) in [4.78, 5) is 59.5. The number of rotatable bonds is 17. The highest BCUT2D eigenvalue weighted by molar-refractivity contribution is 9.09. The van der Waals surface area contributed by atoms with Gasteiger partial charge in [-0.1, -0.05) is 88.7 Å². The first-order chi connectivity index (χ1) is 25.2. The fraction of sp³-hybridized carbons (Fsp3) is 0.415. The van der Waals surface area contributed by atoms with Gasteiger partial charge in [-0.15, -0.1) is 13.2 Å². The van der Waals surface area contributed by atoms with E-state index in [0.29, 0.717) is 43.4 Å². The van der Waals surface area contributed by atoms with Gasteiger partial charge in [0.1, 0.15) is 17.7 Å². The predicted molar refractivity (Wildman–Crippen MR) is 203 cm³/mol. The Morgan fingerprint density at radius 2 is 1.79 bits per heavy atom. The van der Waals surface area contributed by atoms with Crippen molar-refractivity contribution in [2.75, 3.05) is 31.1 Å². The van der Waals surface area contributed by atoms with Crippen LogP contribution in [0.4, 0.5) is 5.69 Å². The van der Waals surface area contributed by atoms with Crippen LogP contribution >= 0.6 is 15.9 Å². The number of aliphatic hydroxyl groups is 1. The van der Waals surface area contributed by atoms with Gasteiger partial charge in [0.15, 0.2) is 0 Å². The van der Waals surface area contributed by atoms with Crippen molar-refractivity contribution < 1.29 is 33.8 Å². The molecule has 52 heavy (non-hydrogen) atoms. The van der Waals surface area contributed by atoms with Crippen molar-refractivity contribution in [3.8, 4) is 0 Å². The van der Waals surface area contributed by atoms with E-state index in [1.165, 1.54) is 0 Å². The third-order valence-corrected chi connectivity index (χ3v) is 11.3. The number of allylic oxidation sites excluding steroid dienone is 1. The number of amides is 3. The molecule has 1 unspecified atom stereocenters. The van der Waals surface area contributed by atoms with Crippen molar-refractivity contribution in [3.63, 3.8) is 0 Å². The molecule has 274 valence electrons. The number of ether oxygens (including phenoxy) is 2. The number of unbranched alkanes of at least 4 members (excludes halogenated alkanes) is 2. The summed E-state index contributed by atoms with van der Waals surface area (Å²) in [5.41, 5.74) is 0.0714. The molecule has 3 aromatic carbocycles. The van der Waals surface area contributed by atoms with E-state index in [0.717, 1.165) is 10.8 Å². The Hall–Kier alpha value is -4.32. The van der Waals surface area contributed by atoms with E-state index in [-0.39, 0.29) is 55.2 Å². The van der Waals surface area contributed by atoms with E-state index in [4.69, 9.17) is 9.47 Å². The van der Waals surface area contributed by atoms with Crippen LogP contribution in [0, 0.1) is 11.8 Å². The molecule has 3 aliphatic rings. The van der Waals surface area contributed by atoms with Crippen molar-refractivity contribution >= 4 is 56.1 Å². The zero-order chi connectivity index (χ0) is 36.8. The third kappa shape index (κ3) is 7.31. The van der Waals surface area contributed by atoms with Crippen molar-refractivity contribution in [2.24, 2.45) is 11.8 Å². The number of hydrogen-bond acceptors (Lipinski definition) is 7. The standard InChI is InChI=1S/C41H46BrN3O7/c1-3-5-18-33(47)43-26-32(28-15-8-6-9-16-28)51-40(50)34-35-38(48)45(22-12-7-13-23-46)37(41(35)25-31(42)36(34)52-41)39(49)44(21-4-2)30-20-19-27-14-10-11-17-29(27)24-30/h3-4,6,8-11,14-17,19-20,24,31-32,34-37,46H,1-2,5,7,12-13,18,21-23,25-26H2,(H,43,47)/t31?,32-,34+,35-,36+,37+,41-/m0/s1. The molecule has 2 N–H and O–H groups in total. The van der Waals surface area contributed by atoms with E-state index in [9.17, 15) is 24.3 Å². The smallest absolute Gasteiger partial charge is 0.313 e. The van der Waals surface area contributed by atoms with E-state index < -0.39 is 41.7 Å². The summed E-state index contributed by atoms with van der Waals surface area (Å²) >= 11 is 3.75. The third-order valence-electron chi connectivity index (χ3n) is 10.5. The molecule has 7 atom stereocenters. The van der Waals surface area contributed by atoms with E-state index in [1.54, 1.807) is 22.0 Å². The topological polar surface area (TPSA) is 125 Å². The molecule has 3 aromatic rings. The zero-order valence-corrected chi connectivity index (χ0v) is 30.8. The number of esters is 1. The Kier molecular flexibility index (Phi) is 11.9. The first kappa shape index (κ1) is 37.4. The molecule has 0 radical (unpaired) electrons. The molecule has 0 aromatic heterocycles. The number of nitrogens with zero attached hydrogens (tertiary/aromatic N) is 2. The lowest BCUT2D eigenvalue weighted by Crippen LogP contribution is -2.57. The fourth-order valence-corrected chi connectivity index (χ4v) is 9.02. The highest BCUT2D eigenvalue weighted by Crippen LogP contribution is 2.60. The van der Waals surface area contributed by atoms with Gasteiger partial charge in [-0.2, -0.15) is 0 Å². The Bertz CT molecular complexity index is 1800. The second-order valence-corrected chi connectivity index (χ2v) is 14.9. The SMILES string of the molecule is C=CCCC(=O)NC[C@H](OC(=O)[C@H]1[C@@H]2O[C@@]3(CC2Br)[C@@H]1C(=O)N(CCCCCO)[C@@H]3C(=O)N(CC=C)c1ccc2ccccc2c1)c1ccccc1. The zero-order valence-electron chi connectivity index (χ0n) is 29.2. The second kappa shape index (κ2) is 16.6. The summed E-state index contributed by atoms with van der Waals surface area (Å²) in [5, 5.41) is 14.3. The molecular weight excluding hydrogens is 726 g/mol. The van der Waals surface area contributed by atoms with Gasteiger partial charge in [0.25, 0.3) is 5.91 Å². The number of aliphatic hydroxyl groups excluding tert-OH is 1. The van der Waals surface area contributed by atoms with Crippen LogP contribution in [0.5, 0.6) is 0 Å². The van der Waals surface area contributed by atoms with Crippen LogP contribution in [-0.4, -0.2) is 82.5 Å². The average Bonchev–Trinajstić information content (AvgIpc) is 3.75. The summed E-state index contributed by atoms with van der Waals surface area (Å²) in [6.07, 6.45) is 4.72. The monoisotopic (exact) mass is 771 g/mol. The highest BCUT2D eigenvalue weighted by atomic mass is 79.9. The van der Waals surface area contributed by atoms with Gasteiger partial charge in [-0.05, 0) is 60.6 Å². The van der Waals surface area contributed by atoms with Crippen molar-refractivity contribution in [3.05, 3.63) is 104 Å². The second-order valence-electron chi connectivity index (χ2n) is 13.7. The van der Waals surface area contributed by atoms with Crippen LogP contribution in [0.3, 0.4) is 0 Å². The number of hydrogen-bond donors (Lipinski definition) is 2. The maximum absolute atomic E-state index is 15.0. The molecule has 3 saturated heterocycles. The van der Waals surface area contributed by atoms with E-state index >= 15 is 0 Å². The lowest BCUT2D eigenvalue weighted by atomic mass is 9.70. The minimum absolute atomic E-state index is 0.0270. The summed E-state index contributed by atoms with van der Waals surface area (Å²) < 4.78 is 12.9. The number of halogens is 1. The lowest BCUT2D eigenvalue weighted by molar-refractivity contribution is -0.160. The first-order valence-electron chi connectivity index (χ1n) is 18.0. The predicted octanol–water partition coefficient (Wildman–Crippen LogP) is 5.64. The molecule has 10 nitrogen and oxygen atoms in total. The van der Waals surface area contributed by atoms with Gasteiger partial charge < -0.3 is 29.7 Å². The Labute approximate surface area is 313 Å². The van der Waals surface area contributed by atoms with Gasteiger partial charge in [-0.25, -0.2) is 0 Å². The van der Waals surface area contributed by atoms with Crippen molar-refractivity contribution in [1.82, 2.24) is 10.2 Å². The van der Waals surface area contributed by atoms with Gasteiger partial charge in [0.2, 0.25) is 11.8 Å². The maximum atomic E-state index is 15.0. The summed E-state index contributed by atoms with van der Waals surface area (Å²) in [6, 6.07) is 21.8. The summed E-state index contributed by atoms with van der Waals surface area (Å²) in [6.45, 7) is 8.13.